The van der Waals surface area contributed by atoms with Crippen LogP contribution in [-0.2, 0) is 0 Å². The molecular weight excluding hydrogens is 154 g/mol. The van der Waals surface area contributed by atoms with E-state index in [9.17, 15) is 10.1 Å². The van der Waals surface area contributed by atoms with Gasteiger partial charge in [0.25, 0.3) is 5.69 Å². The highest BCUT2D eigenvalue weighted by molar-refractivity contribution is 5.32. The second kappa shape index (κ2) is 3.34. The number of benzene rings is 1. The van der Waals surface area contributed by atoms with Crippen molar-refractivity contribution in [3.05, 3.63) is 39.9 Å². The summed E-state index contributed by atoms with van der Waals surface area (Å²) < 4.78 is 0. The summed E-state index contributed by atoms with van der Waals surface area (Å²) in [4.78, 5) is 9.85. The highest BCUT2D eigenvalue weighted by atomic mass is 16.6. The molecule has 0 unspecified atom stereocenters. The summed E-state index contributed by atoms with van der Waals surface area (Å²) in [5.41, 5.74) is 1.10. The van der Waals surface area contributed by atoms with E-state index in [1.54, 1.807) is 6.07 Å². The van der Waals surface area contributed by atoms with Gasteiger partial charge in [-0.15, -0.1) is 0 Å². The van der Waals surface area contributed by atoms with Crippen molar-refractivity contribution >= 4 is 5.69 Å². The van der Waals surface area contributed by atoms with Gasteiger partial charge in [0.05, 0.1) is 4.92 Å². The number of rotatable bonds is 2. The molecule has 0 bridgehead atoms. The Morgan fingerprint density at radius 2 is 2.17 bits per heavy atom. The Labute approximate surface area is 71.2 Å². The van der Waals surface area contributed by atoms with Gasteiger partial charge >= 0.3 is 0 Å². The van der Waals surface area contributed by atoms with Crippen LogP contribution in [0.25, 0.3) is 0 Å². The zero-order chi connectivity index (χ0) is 9.14. The van der Waals surface area contributed by atoms with Crippen molar-refractivity contribution in [1.29, 1.82) is 0 Å². The van der Waals surface area contributed by atoms with Crippen molar-refractivity contribution in [2.75, 3.05) is 0 Å². The van der Waals surface area contributed by atoms with E-state index in [2.05, 4.69) is 6.07 Å². The van der Waals surface area contributed by atoms with E-state index in [1.807, 2.05) is 13.8 Å². The van der Waals surface area contributed by atoms with E-state index in [4.69, 9.17) is 0 Å². The Balaban J connectivity index is 2.93. The molecule has 0 fully saturated rings. The standard InChI is InChI=1S/C9H10NO2/c1-7(2)8-3-5-9(6-4-8)10(11)12/h3,5-7H,1-2H3. The Hall–Kier alpha value is -1.38. The van der Waals surface area contributed by atoms with Crippen LogP contribution >= 0.6 is 0 Å². The van der Waals surface area contributed by atoms with Crippen LogP contribution in [-0.4, -0.2) is 4.92 Å². The molecule has 0 aliphatic heterocycles. The maximum absolute atomic E-state index is 10.3. The largest absolute Gasteiger partial charge is 0.270 e. The lowest BCUT2D eigenvalue weighted by Crippen LogP contribution is -1.90. The highest BCUT2D eigenvalue weighted by Gasteiger charge is 2.05. The van der Waals surface area contributed by atoms with Gasteiger partial charge < -0.3 is 0 Å². The van der Waals surface area contributed by atoms with Gasteiger partial charge in [0.1, 0.15) is 0 Å². The number of nitrogens with zero attached hydrogens (tertiary/aromatic N) is 1. The molecule has 0 spiro atoms. The second-order valence-electron chi connectivity index (χ2n) is 2.91. The Morgan fingerprint density at radius 3 is 2.50 bits per heavy atom. The zero-order valence-electron chi connectivity index (χ0n) is 7.07. The quantitative estimate of drug-likeness (QED) is 0.498. The van der Waals surface area contributed by atoms with Gasteiger partial charge in [0, 0.05) is 12.1 Å². The lowest BCUT2D eigenvalue weighted by molar-refractivity contribution is -0.384. The summed E-state index contributed by atoms with van der Waals surface area (Å²) >= 11 is 0. The van der Waals surface area contributed by atoms with Gasteiger partial charge in [-0.25, -0.2) is 0 Å². The third-order valence-corrected chi connectivity index (χ3v) is 1.65. The third-order valence-electron chi connectivity index (χ3n) is 1.65. The van der Waals surface area contributed by atoms with Crippen molar-refractivity contribution in [2.24, 2.45) is 0 Å². The second-order valence-corrected chi connectivity index (χ2v) is 2.91. The van der Waals surface area contributed by atoms with Crippen molar-refractivity contribution in [3.8, 4) is 0 Å². The van der Waals surface area contributed by atoms with Crippen LogP contribution in [0.5, 0.6) is 0 Å². The van der Waals surface area contributed by atoms with Gasteiger partial charge in [-0.2, -0.15) is 0 Å². The number of non-ortho nitro benzene ring substituents is 1. The minimum Gasteiger partial charge on any atom is -0.258 e. The minimum absolute atomic E-state index is 0.0967. The first kappa shape index (κ1) is 8.71. The van der Waals surface area contributed by atoms with Crippen molar-refractivity contribution in [2.45, 2.75) is 19.8 Å². The Morgan fingerprint density at radius 1 is 1.50 bits per heavy atom. The molecule has 1 rings (SSSR count). The summed E-state index contributed by atoms with van der Waals surface area (Å²) in [6, 6.07) is 7.53. The number of hydrogen-bond acceptors (Lipinski definition) is 2. The van der Waals surface area contributed by atoms with Gasteiger partial charge in [0.15, 0.2) is 0 Å². The summed E-state index contributed by atoms with van der Waals surface area (Å²) in [7, 11) is 0. The molecule has 1 aromatic carbocycles. The minimum atomic E-state index is -0.416. The fraction of sp³-hybridized carbons (Fsp3) is 0.333. The number of nitro benzene ring substituents is 1. The van der Waals surface area contributed by atoms with E-state index in [-0.39, 0.29) is 5.69 Å². The molecule has 0 aromatic heterocycles. The van der Waals surface area contributed by atoms with Crippen LogP contribution in [0.3, 0.4) is 0 Å². The Bertz CT molecular complexity index is 277. The van der Waals surface area contributed by atoms with E-state index in [0.29, 0.717) is 5.92 Å². The SMILES string of the molecule is CC(C)c1[c]cc([N+](=O)[O-])cc1. The maximum Gasteiger partial charge on any atom is 0.270 e. The molecule has 3 nitrogen and oxygen atoms in total. The molecule has 0 aliphatic rings. The van der Waals surface area contributed by atoms with E-state index < -0.39 is 4.92 Å². The molecule has 1 aromatic rings. The van der Waals surface area contributed by atoms with Gasteiger partial charge in [-0.1, -0.05) is 19.9 Å². The number of hydrogen-bond donors (Lipinski definition) is 0. The average molecular weight is 164 g/mol. The highest BCUT2D eigenvalue weighted by Crippen LogP contribution is 2.17. The lowest BCUT2D eigenvalue weighted by Gasteiger charge is -2.02. The van der Waals surface area contributed by atoms with Crippen LogP contribution in [0, 0.1) is 16.2 Å². The third kappa shape index (κ3) is 1.81. The summed E-state index contributed by atoms with van der Waals surface area (Å²) in [5.74, 6) is 0.366. The first-order valence-electron chi connectivity index (χ1n) is 3.77. The molecule has 0 saturated heterocycles. The predicted octanol–water partition coefficient (Wildman–Crippen LogP) is 2.52. The molecule has 1 radical (unpaired) electrons. The van der Waals surface area contributed by atoms with Gasteiger partial charge in [-0.05, 0) is 17.5 Å². The van der Waals surface area contributed by atoms with Crippen molar-refractivity contribution in [1.82, 2.24) is 0 Å². The molecule has 0 heterocycles. The first-order valence-corrected chi connectivity index (χ1v) is 3.77. The fourth-order valence-electron chi connectivity index (χ4n) is 0.901. The zero-order valence-corrected chi connectivity index (χ0v) is 7.07. The van der Waals surface area contributed by atoms with Gasteiger partial charge in [0.2, 0.25) is 0 Å². The monoisotopic (exact) mass is 164 g/mol. The van der Waals surface area contributed by atoms with Crippen molar-refractivity contribution < 1.29 is 4.92 Å². The average Bonchev–Trinajstić information content (AvgIpc) is 2.04. The molecule has 0 N–H and O–H groups in total. The normalized spacial score (nSPS) is 10.2. The van der Waals surface area contributed by atoms with E-state index >= 15 is 0 Å². The molecule has 0 saturated carbocycles. The van der Waals surface area contributed by atoms with E-state index in [0.717, 1.165) is 5.56 Å². The fourth-order valence-corrected chi connectivity index (χ4v) is 0.901. The van der Waals surface area contributed by atoms with Crippen molar-refractivity contribution in [3.63, 3.8) is 0 Å². The van der Waals surface area contributed by atoms with Crippen LogP contribution in [0.2, 0.25) is 0 Å². The summed E-state index contributed by atoms with van der Waals surface area (Å²) in [6.07, 6.45) is 0. The smallest absolute Gasteiger partial charge is 0.258 e. The van der Waals surface area contributed by atoms with Crippen LogP contribution in [0.4, 0.5) is 5.69 Å². The van der Waals surface area contributed by atoms with Crippen LogP contribution in [0.15, 0.2) is 18.2 Å². The molecule has 0 aliphatic carbocycles. The Kier molecular flexibility index (Phi) is 2.43. The van der Waals surface area contributed by atoms with E-state index in [1.165, 1.54) is 12.1 Å². The molecule has 12 heavy (non-hydrogen) atoms. The van der Waals surface area contributed by atoms with Crippen LogP contribution < -0.4 is 0 Å². The predicted molar refractivity (Wildman–Crippen MR) is 46.0 cm³/mol. The number of nitro groups is 1. The maximum atomic E-state index is 10.3. The van der Waals surface area contributed by atoms with Crippen LogP contribution in [0.1, 0.15) is 25.3 Å². The summed E-state index contributed by atoms with van der Waals surface area (Å²) in [6.45, 7) is 4.05. The van der Waals surface area contributed by atoms with Gasteiger partial charge in [-0.3, -0.25) is 10.1 Å². The first-order chi connectivity index (χ1) is 5.61. The lowest BCUT2D eigenvalue weighted by atomic mass is 10.0. The topological polar surface area (TPSA) is 43.1 Å². The molecule has 63 valence electrons. The molecular formula is C9H10NO2. The summed E-state index contributed by atoms with van der Waals surface area (Å²) in [5, 5.41) is 10.3. The molecule has 0 amide bonds. The molecule has 3 heteroatoms. The molecule has 0 atom stereocenters.